The third-order valence-corrected chi connectivity index (χ3v) is 8.45. The number of carbonyl (C=O) groups is 1. The lowest BCUT2D eigenvalue weighted by atomic mass is 9.96. The van der Waals surface area contributed by atoms with Crippen molar-refractivity contribution in [2.24, 2.45) is 5.92 Å². The average molecular weight is 501 g/mol. The minimum absolute atomic E-state index is 0.104. The zero-order chi connectivity index (χ0) is 25.5. The summed E-state index contributed by atoms with van der Waals surface area (Å²) in [5, 5.41) is 0. The van der Waals surface area contributed by atoms with Gasteiger partial charge in [0.2, 0.25) is 0 Å². The molecule has 1 saturated carbocycles. The second kappa shape index (κ2) is 9.77. The van der Waals surface area contributed by atoms with Gasteiger partial charge in [0.25, 0.3) is 0 Å². The first kappa shape index (κ1) is 23.9. The van der Waals surface area contributed by atoms with E-state index >= 15 is 0 Å². The van der Waals surface area contributed by atoms with Gasteiger partial charge in [-0.15, -0.1) is 0 Å². The number of nitrogens with zero attached hydrogens (tertiary/aromatic N) is 4. The predicted octanol–water partition coefficient (Wildman–Crippen LogP) is 5.69. The molecule has 192 valence electrons. The summed E-state index contributed by atoms with van der Waals surface area (Å²) in [7, 11) is 1.48. The van der Waals surface area contributed by atoms with Crippen LogP contribution in [0.3, 0.4) is 0 Å². The third-order valence-electron chi connectivity index (χ3n) is 8.45. The van der Waals surface area contributed by atoms with Crippen molar-refractivity contribution in [3.63, 3.8) is 0 Å². The number of Topliss-reactive ketones (excluding diaryl/α,β-unsaturated/α-hetero) is 1. The summed E-state index contributed by atoms with van der Waals surface area (Å²) in [5.41, 5.74) is 3.91. The topological polar surface area (TPSA) is 58.6 Å². The number of hydrogen-bond donors (Lipinski definition) is 0. The van der Waals surface area contributed by atoms with Crippen LogP contribution in [0.15, 0.2) is 48.7 Å². The predicted molar refractivity (Wildman–Crippen MR) is 143 cm³/mol. The molecule has 3 fully saturated rings. The van der Waals surface area contributed by atoms with Crippen molar-refractivity contribution in [3.05, 3.63) is 65.7 Å². The molecule has 6 nitrogen and oxygen atoms in total. The van der Waals surface area contributed by atoms with Crippen LogP contribution in [0.1, 0.15) is 55.1 Å². The molecule has 3 aromatic rings. The van der Waals surface area contributed by atoms with E-state index in [-0.39, 0.29) is 29.3 Å². The van der Waals surface area contributed by atoms with Crippen LogP contribution in [0.2, 0.25) is 0 Å². The number of piperidine rings is 1. The smallest absolute Gasteiger partial charge is 0.185 e. The number of anilines is 2. The van der Waals surface area contributed by atoms with Gasteiger partial charge in [0, 0.05) is 49.2 Å². The SMILES string of the molecule is CC[C@@H]1CCN1c1ccc(CC(=O)c2ccnc(-c3c(F)cccc3OC)n2)c(N2C[C@H]3CC[C@@H]2C3)c1. The van der Waals surface area contributed by atoms with Crippen molar-refractivity contribution in [3.8, 4) is 17.1 Å². The summed E-state index contributed by atoms with van der Waals surface area (Å²) >= 11 is 0. The highest BCUT2D eigenvalue weighted by Crippen LogP contribution is 2.43. The van der Waals surface area contributed by atoms with Gasteiger partial charge in [-0.05, 0) is 73.9 Å². The highest BCUT2D eigenvalue weighted by atomic mass is 19.1. The quantitative estimate of drug-likeness (QED) is 0.370. The first-order valence-corrected chi connectivity index (χ1v) is 13.4. The van der Waals surface area contributed by atoms with E-state index in [9.17, 15) is 9.18 Å². The van der Waals surface area contributed by atoms with Crippen LogP contribution in [0.4, 0.5) is 15.8 Å². The van der Waals surface area contributed by atoms with E-state index in [0.29, 0.717) is 17.8 Å². The molecule has 0 radical (unpaired) electrons. The minimum Gasteiger partial charge on any atom is -0.496 e. The Morgan fingerprint density at radius 2 is 2.03 bits per heavy atom. The molecule has 3 atom stereocenters. The number of fused-ring (bicyclic) bond motifs is 2. The Hall–Kier alpha value is -3.48. The fourth-order valence-corrected chi connectivity index (χ4v) is 6.36. The Bertz CT molecular complexity index is 1330. The molecule has 0 amide bonds. The Morgan fingerprint density at radius 3 is 2.73 bits per heavy atom. The lowest BCUT2D eigenvalue weighted by Gasteiger charge is -2.43. The van der Waals surface area contributed by atoms with Crippen molar-refractivity contribution in [2.45, 2.75) is 57.5 Å². The van der Waals surface area contributed by atoms with Crippen molar-refractivity contribution in [1.29, 1.82) is 0 Å². The molecular weight excluding hydrogens is 467 g/mol. The standard InChI is InChI=1S/C30H33FN4O2/c1-3-21-12-14-34(21)23-10-8-20(26(17-23)35-18-19-7-9-22(35)15-19)16-27(36)25-11-13-32-30(33-25)29-24(31)5-4-6-28(29)37-2/h4-6,8,10-11,13,17,19,21-22H,3,7,9,12,14-16,18H2,1-2H3/t19-,21+,22+/m0/s1. The molecule has 2 aliphatic heterocycles. The summed E-state index contributed by atoms with van der Waals surface area (Å²) < 4.78 is 20.0. The second-order valence-corrected chi connectivity index (χ2v) is 10.5. The van der Waals surface area contributed by atoms with Crippen LogP contribution in [0.25, 0.3) is 11.4 Å². The van der Waals surface area contributed by atoms with Crippen molar-refractivity contribution in [1.82, 2.24) is 9.97 Å². The Morgan fingerprint density at radius 1 is 1.14 bits per heavy atom. The molecule has 37 heavy (non-hydrogen) atoms. The summed E-state index contributed by atoms with van der Waals surface area (Å²) in [5.74, 6) is 0.652. The van der Waals surface area contributed by atoms with Crippen LogP contribution in [-0.2, 0) is 6.42 Å². The third kappa shape index (κ3) is 4.34. The van der Waals surface area contributed by atoms with Gasteiger partial charge in [0.15, 0.2) is 11.6 Å². The van der Waals surface area contributed by atoms with E-state index in [1.165, 1.54) is 56.4 Å². The maximum absolute atomic E-state index is 14.6. The molecule has 2 bridgehead atoms. The lowest BCUT2D eigenvalue weighted by molar-refractivity contribution is 0.0988. The summed E-state index contributed by atoms with van der Waals surface area (Å²) in [6, 6.07) is 13.9. The highest BCUT2D eigenvalue weighted by molar-refractivity contribution is 5.97. The van der Waals surface area contributed by atoms with Gasteiger partial charge >= 0.3 is 0 Å². The molecule has 2 saturated heterocycles. The maximum atomic E-state index is 14.6. The van der Waals surface area contributed by atoms with Gasteiger partial charge in [-0.1, -0.05) is 19.1 Å². The molecular formula is C30H33FN4O2. The number of aromatic nitrogens is 2. The number of hydrogen-bond acceptors (Lipinski definition) is 6. The van der Waals surface area contributed by atoms with E-state index in [1.54, 1.807) is 18.2 Å². The van der Waals surface area contributed by atoms with Gasteiger partial charge in [-0.2, -0.15) is 0 Å². The fourth-order valence-electron chi connectivity index (χ4n) is 6.36. The molecule has 0 N–H and O–H groups in total. The summed E-state index contributed by atoms with van der Waals surface area (Å²) in [6.07, 6.45) is 7.92. The van der Waals surface area contributed by atoms with Gasteiger partial charge < -0.3 is 14.5 Å². The number of benzene rings is 2. The highest BCUT2D eigenvalue weighted by Gasteiger charge is 2.39. The molecule has 1 aromatic heterocycles. The number of ether oxygens (including phenoxy) is 1. The summed E-state index contributed by atoms with van der Waals surface area (Å²) in [4.78, 5) is 27.2. The Labute approximate surface area is 217 Å². The zero-order valence-electron chi connectivity index (χ0n) is 21.5. The van der Waals surface area contributed by atoms with Crippen molar-refractivity contribution in [2.75, 3.05) is 30.0 Å². The number of carbonyl (C=O) groups excluding carboxylic acids is 1. The molecule has 0 spiro atoms. The largest absolute Gasteiger partial charge is 0.496 e. The minimum atomic E-state index is -0.484. The van der Waals surface area contributed by atoms with Crippen LogP contribution < -0.4 is 14.5 Å². The fraction of sp³-hybridized carbons (Fsp3) is 0.433. The normalized spacial score (nSPS) is 22.3. The zero-order valence-corrected chi connectivity index (χ0v) is 21.5. The molecule has 3 aliphatic rings. The average Bonchev–Trinajstić information content (AvgIpc) is 3.53. The van der Waals surface area contributed by atoms with Crippen molar-refractivity contribution >= 4 is 17.2 Å². The molecule has 1 aliphatic carbocycles. The van der Waals surface area contributed by atoms with Crippen LogP contribution in [0, 0.1) is 11.7 Å². The number of rotatable bonds is 8. The number of halogens is 1. The van der Waals surface area contributed by atoms with Gasteiger partial charge in [-0.25, -0.2) is 14.4 Å². The van der Waals surface area contributed by atoms with Crippen molar-refractivity contribution < 1.29 is 13.9 Å². The lowest BCUT2D eigenvalue weighted by Crippen LogP contribution is -2.47. The van der Waals surface area contributed by atoms with Crippen LogP contribution >= 0.6 is 0 Å². The number of methoxy groups -OCH3 is 1. The number of ketones is 1. The molecule has 3 heterocycles. The van der Waals surface area contributed by atoms with Crippen LogP contribution in [-0.4, -0.2) is 48.0 Å². The first-order chi connectivity index (χ1) is 18.1. The second-order valence-electron chi connectivity index (χ2n) is 10.5. The van der Waals surface area contributed by atoms with E-state index in [2.05, 4.69) is 44.9 Å². The maximum Gasteiger partial charge on any atom is 0.185 e. The molecule has 6 rings (SSSR count). The van der Waals surface area contributed by atoms with Gasteiger partial charge in [0.1, 0.15) is 17.3 Å². The summed E-state index contributed by atoms with van der Waals surface area (Å²) in [6.45, 7) is 4.40. The Kier molecular flexibility index (Phi) is 6.31. The Balaban J connectivity index is 1.31. The van der Waals surface area contributed by atoms with Gasteiger partial charge in [0.05, 0.1) is 12.7 Å². The monoisotopic (exact) mass is 500 g/mol. The van der Waals surface area contributed by atoms with E-state index < -0.39 is 5.82 Å². The van der Waals surface area contributed by atoms with Gasteiger partial charge in [-0.3, -0.25) is 4.79 Å². The molecule has 2 aromatic carbocycles. The van der Waals surface area contributed by atoms with E-state index in [1.807, 2.05) is 0 Å². The van der Waals surface area contributed by atoms with E-state index in [4.69, 9.17) is 4.74 Å². The van der Waals surface area contributed by atoms with Crippen LogP contribution in [0.5, 0.6) is 5.75 Å². The first-order valence-electron chi connectivity index (χ1n) is 13.4. The molecule has 0 unspecified atom stereocenters. The van der Waals surface area contributed by atoms with E-state index in [0.717, 1.165) is 31.0 Å². The molecule has 7 heteroatoms.